The van der Waals surface area contributed by atoms with Gasteiger partial charge in [-0.15, -0.1) is 0 Å². The predicted octanol–water partition coefficient (Wildman–Crippen LogP) is 2.05. The van der Waals surface area contributed by atoms with Crippen LogP contribution in [0.2, 0.25) is 0 Å². The van der Waals surface area contributed by atoms with E-state index in [4.69, 9.17) is 5.21 Å². The first-order chi connectivity index (χ1) is 13.9. The average Bonchev–Trinajstić information content (AvgIpc) is 3.22. The molecular weight excluding hydrogens is 427 g/mol. The van der Waals surface area contributed by atoms with Crippen molar-refractivity contribution in [2.24, 2.45) is 0 Å². The molecule has 0 bridgehead atoms. The zero-order valence-electron chi connectivity index (χ0n) is 15.9. The molecule has 1 atom stereocenters. The molecule has 1 aliphatic rings. The fourth-order valence-corrected chi connectivity index (χ4v) is 4.07. The van der Waals surface area contributed by atoms with Crippen molar-refractivity contribution in [3.8, 4) is 11.1 Å². The minimum atomic E-state index is -3.92. The number of rotatable bonds is 6. The van der Waals surface area contributed by atoms with Crippen LogP contribution in [0.5, 0.6) is 0 Å². The van der Waals surface area contributed by atoms with E-state index in [0.717, 1.165) is 25.3 Å². The van der Waals surface area contributed by atoms with Gasteiger partial charge in [-0.3, -0.25) is 14.6 Å². The Morgan fingerprint density at radius 1 is 1.27 bits per heavy atom. The number of carbonyl (C=O) groups is 2. The largest absolute Gasteiger partial charge is 0.328 e. The Hall–Kier alpha value is -2.86. The molecule has 1 unspecified atom stereocenters. The molecule has 1 aliphatic heterocycles. The lowest BCUT2D eigenvalue weighted by atomic mass is 10.1. The van der Waals surface area contributed by atoms with Gasteiger partial charge in [0.15, 0.2) is 32.0 Å². The normalized spacial score (nSPS) is 15.8. The maximum atomic E-state index is 14.0. The maximum Gasteiger partial charge on any atom is 0.328 e. The second-order valence-corrected chi connectivity index (χ2v) is 9.66. The van der Waals surface area contributed by atoms with Crippen molar-refractivity contribution in [1.29, 1.82) is 0 Å². The zero-order chi connectivity index (χ0) is 22.4. The molecule has 2 amide bonds. The second-order valence-electron chi connectivity index (χ2n) is 7.21. The van der Waals surface area contributed by atoms with Gasteiger partial charge >= 0.3 is 6.03 Å². The molecule has 3 rings (SSSR count). The van der Waals surface area contributed by atoms with Gasteiger partial charge in [0.25, 0.3) is 5.91 Å². The van der Waals surface area contributed by atoms with Crippen LogP contribution in [0.4, 0.5) is 18.0 Å². The predicted molar refractivity (Wildman–Crippen MR) is 98.7 cm³/mol. The number of hydrogen-bond acceptors (Lipinski definition) is 5. The molecule has 0 saturated heterocycles. The van der Waals surface area contributed by atoms with Crippen molar-refractivity contribution >= 4 is 21.8 Å². The van der Waals surface area contributed by atoms with E-state index in [0.29, 0.717) is 5.69 Å². The number of nitrogens with one attached hydrogen (secondary N) is 1. The summed E-state index contributed by atoms with van der Waals surface area (Å²) in [6, 6.07) is 2.72. The Bertz CT molecular complexity index is 1150. The van der Waals surface area contributed by atoms with E-state index >= 15 is 0 Å². The third-order valence-corrected chi connectivity index (χ3v) is 7.36. The Morgan fingerprint density at radius 2 is 1.93 bits per heavy atom. The van der Waals surface area contributed by atoms with Crippen molar-refractivity contribution in [3.63, 3.8) is 0 Å². The smallest absolute Gasteiger partial charge is 0.318 e. The minimum absolute atomic E-state index is 0.0325. The van der Waals surface area contributed by atoms with Gasteiger partial charge in [0.1, 0.15) is 0 Å². The quantitative estimate of drug-likeness (QED) is 0.402. The number of amides is 2. The number of carbonyl (C=O) groups excluding carboxylic acids is 2. The topological polar surface area (TPSA) is 109 Å². The zero-order valence-corrected chi connectivity index (χ0v) is 16.8. The molecule has 2 aromatic rings. The molecular formula is C18H18F3N3O5S. The summed E-state index contributed by atoms with van der Waals surface area (Å²) in [5.74, 6) is -5.44. The Labute approximate surface area is 169 Å². The number of sulfone groups is 1. The summed E-state index contributed by atoms with van der Waals surface area (Å²) in [7, 11) is -3.92. The number of benzene rings is 1. The summed E-state index contributed by atoms with van der Waals surface area (Å²) < 4.78 is 63.9. The Kier molecular flexibility index (Phi) is 5.41. The Morgan fingerprint density at radius 3 is 2.50 bits per heavy atom. The summed E-state index contributed by atoms with van der Waals surface area (Å²) in [4.78, 5) is 25.8. The summed E-state index contributed by atoms with van der Waals surface area (Å²) in [5, 5.41) is 8.86. The number of aromatic nitrogens is 1. The Balaban J connectivity index is 1.81. The van der Waals surface area contributed by atoms with Crippen molar-refractivity contribution in [2.45, 2.75) is 24.6 Å². The van der Waals surface area contributed by atoms with Crippen LogP contribution in [0.25, 0.3) is 11.1 Å². The van der Waals surface area contributed by atoms with Gasteiger partial charge in [-0.25, -0.2) is 31.9 Å². The van der Waals surface area contributed by atoms with E-state index in [1.165, 1.54) is 27.2 Å². The molecule has 1 aromatic heterocycles. The van der Waals surface area contributed by atoms with Crippen LogP contribution >= 0.6 is 0 Å². The standard InChI is InChI=1S/C18H18F3N3O5S/c1-18(16(25)22-27,30(2,28)29)5-6-23-9-11-7-10(8-24(11)17(23)26)12-3-4-13(19)15(21)14(12)20/h3-4,7-8,27H,5-6,9H2,1-2H3,(H,22,25). The highest BCUT2D eigenvalue weighted by atomic mass is 32.2. The fraction of sp³-hybridized carbons (Fsp3) is 0.333. The molecule has 0 spiro atoms. The van der Waals surface area contributed by atoms with E-state index in [1.807, 2.05) is 0 Å². The highest BCUT2D eigenvalue weighted by Gasteiger charge is 2.44. The van der Waals surface area contributed by atoms with E-state index in [9.17, 15) is 31.2 Å². The van der Waals surface area contributed by atoms with E-state index in [1.54, 1.807) is 0 Å². The lowest BCUT2D eigenvalue weighted by Crippen LogP contribution is -2.50. The highest BCUT2D eigenvalue weighted by Crippen LogP contribution is 2.31. The fourth-order valence-electron chi connectivity index (χ4n) is 3.23. The van der Waals surface area contributed by atoms with Crippen LogP contribution < -0.4 is 5.48 Å². The van der Waals surface area contributed by atoms with Crippen molar-refractivity contribution in [2.75, 3.05) is 12.8 Å². The minimum Gasteiger partial charge on any atom is -0.318 e. The first kappa shape index (κ1) is 21.8. The second kappa shape index (κ2) is 7.43. The lowest BCUT2D eigenvalue weighted by Gasteiger charge is -2.27. The number of hydrogen-bond donors (Lipinski definition) is 2. The molecule has 162 valence electrons. The lowest BCUT2D eigenvalue weighted by molar-refractivity contribution is -0.131. The molecule has 0 aliphatic carbocycles. The molecule has 2 heterocycles. The highest BCUT2D eigenvalue weighted by molar-refractivity contribution is 7.92. The summed E-state index contributed by atoms with van der Waals surface area (Å²) in [6.07, 6.45) is 1.84. The van der Waals surface area contributed by atoms with E-state index < -0.39 is 44.0 Å². The van der Waals surface area contributed by atoms with Gasteiger partial charge in [-0.05, 0) is 31.5 Å². The third-order valence-electron chi connectivity index (χ3n) is 5.33. The van der Waals surface area contributed by atoms with Crippen LogP contribution in [0.15, 0.2) is 24.4 Å². The number of nitrogens with zero attached hydrogens (tertiary/aromatic N) is 2. The van der Waals surface area contributed by atoms with Crippen LogP contribution in [-0.4, -0.2) is 52.6 Å². The van der Waals surface area contributed by atoms with Crippen LogP contribution in [0, 0.1) is 17.5 Å². The van der Waals surface area contributed by atoms with E-state index in [2.05, 4.69) is 0 Å². The number of fused-ring (bicyclic) bond motifs is 1. The van der Waals surface area contributed by atoms with Gasteiger partial charge in [0.05, 0.1) is 6.54 Å². The molecule has 8 nitrogen and oxygen atoms in total. The monoisotopic (exact) mass is 445 g/mol. The van der Waals surface area contributed by atoms with Gasteiger partial charge in [-0.1, -0.05) is 0 Å². The van der Waals surface area contributed by atoms with Crippen molar-refractivity contribution in [3.05, 3.63) is 47.5 Å². The van der Waals surface area contributed by atoms with Crippen LogP contribution in [0.1, 0.15) is 19.0 Å². The van der Waals surface area contributed by atoms with Crippen molar-refractivity contribution < 1.29 is 36.4 Å². The third kappa shape index (κ3) is 3.45. The van der Waals surface area contributed by atoms with Gasteiger partial charge in [0.2, 0.25) is 0 Å². The van der Waals surface area contributed by atoms with Gasteiger partial charge in [0, 0.05) is 35.8 Å². The maximum absolute atomic E-state index is 14.0. The first-order valence-corrected chi connectivity index (χ1v) is 10.6. The number of halogens is 3. The van der Waals surface area contributed by atoms with E-state index in [-0.39, 0.29) is 30.6 Å². The summed E-state index contributed by atoms with van der Waals surface area (Å²) in [5.41, 5.74) is 1.72. The molecule has 0 fully saturated rings. The molecule has 30 heavy (non-hydrogen) atoms. The summed E-state index contributed by atoms with van der Waals surface area (Å²) in [6.45, 7) is 1.05. The first-order valence-electron chi connectivity index (χ1n) is 8.69. The van der Waals surface area contributed by atoms with Crippen LogP contribution in [0.3, 0.4) is 0 Å². The van der Waals surface area contributed by atoms with Crippen LogP contribution in [-0.2, 0) is 21.2 Å². The molecule has 12 heteroatoms. The van der Waals surface area contributed by atoms with Gasteiger partial charge in [-0.2, -0.15) is 0 Å². The molecule has 0 saturated carbocycles. The SMILES string of the molecule is CC(CCN1Cc2cc(-c3ccc(F)c(F)c3F)cn2C1=O)(C(=O)NO)S(C)(=O)=O. The van der Waals surface area contributed by atoms with Gasteiger partial charge < -0.3 is 4.90 Å². The summed E-state index contributed by atoms with van der Waals surface area (Å²) >= 11 is 0. The molecule has 1 aromatic carbocycles. The molecule has 0 radical (unpaired) electrons. The van der Waals surface area contributed by atoms with Crippen molar-refractivity contribution in [1.82, 2.24) is 14.9 Å². The number of hydroxylamine groups is 1. The average molecular weight is 445 g/mol. The molecule has 2 N–H and O–H groups in total.